The van der Waals surface area contributed by atoms with Gasteiger partial charge in [0.05, 0.1) is 0 Å². The Hall–Kier alpha value is -1.15. The summed E-state index contributed by atoms with van der Waals surface area (Å²) in [5.74, 6) is 0. The van der Waals surface area contributed by atoms with Crippen LogP contribution in [0.25, 0.3) is 0 Å². The Kier molecular flexibility index (Phi) is 4.50. The Morgan fingerprint density at radius 3 is 2.53 bits per heavy atom. The molecule has 1 heterocycles. The van der Waals surface area contributed by atoms with Crippen LogP contribution in [0.4, 0.5) is 0 Å². The molecule has 1 aromatic heterocycles. The lowest BCUT2D eigenvalue weighted by molar-refractivity contribution is 0.289. The molecule has 0 saturated heterocycles. The monoisotopic (exact) mass is 204 g/mol. The predicted molar refractivity (Wildman–Crippen MR) is 64.7 cm³/mol. The fourth-order valence-corrected chi connectivity index (χ4v) is 1.38. The minimum absolute atomic E-state index is 0.434. The molecule has 0 amide bonds. The summed E-state index contributed by atoms with van der Waals surface area (Å²) in [6.07, 6.45) is 5.94. The van der Waals surface area contributed by atoms with E-state index in [4.69, 9.17) is 0 Å². The van der Waals surface area contributed by atoms with Crippen molar-refractivity contribution in [3.8, 4) is 0 Å². The summed E-state index contributed by atoms with van der Waals surface area (Å²) in [4.78, 5) is 6.35. The smallest absolute Gasteiger partial charge is 0.0321 e. The molecule has 0 N–H and O–H groups in total. The summed E-state index contributed by atoms with van der Waals surface area (Å²) in [6.45, 7) is 7.47. The quantitative estimate of drug-likeness (QED) is 0.701. The van der Waals surface area contributed by atoms with Crippen molar-refractivity contribution < 1.29 is 0 Å². The first-order chi connectivity index (χ1) is 7.11. The van der Waals surface area contributed by atoms with Gasteiger partial charge in [-0.05, 0) is 45.5 Å². The molecule has 0 spiro atoms. The van der Waals surface area contributed by atoms with Crippen molar-refractivity contribution >= 4 is 0 Å². The molecule has 0 aliphatic heterocycles. The van der Waals surface area contributed by atoms with Gasteiger partial charge in [-0.1, -0.05) is 11.6 Å². The predicted octanol–water partition coefficient (Wildman–Crippen LogP) is 3.04. The molecule has 0 bridgehead atoms. The van der Waals surface area contributed by atoms with Crippen molar-refractivity contribution in [2.45, 2.75) is 26.8 Å². The largest absolute Gasteiger partial charge is 0.296 e. The maximum atomic E-state index is 4.03. The second kappa shape index (κ2) is 5.66. The van der Waals surface area contributed by atoms with Gasteiger partial charge in [0, 0.05) is 25.0 Å². The number of pyridine rings is 1. The van der Waals surface area contributed by atoms with E-state index in [-0.39, 0.29) is 0 Å². The molecule has 15 heavy (non-hydrogen) atoms. The normalized spacial score (nSPS) is 12.6. The Balaban J connectivity index is 2.61. The van der Waals surface area contributed by atoms with Crippen LogP contribution in [-0.2, 0) is 0 Å². The Morgan fingerprint density at radius 1 is 1.40 bits per heavy atom. The second-order valence-corrected chi connectivity index (χ2v) is 4.18. The number of rotatable bonds is 4. The average molecular weight is 204 g/mol. The molecular formula is C13H20N2. The Bertz CT molecular complexity index is 313. The van der Waals surface area contributed by atoms with E-state index in [2.05, 4.69) is 55.9 Å². The molecule has 1 atom stereocenters. The van der Waals surface area contributed by atoms with Crippen LogP contribution in [0.1, 0.15) is 32.4 Å². The van der Waals surface area contributed by atoms with E-state index in [9.17, 15) is 0 Å². The van der Waals surface area contributed by atoms with E-state index in [1.165, 1.54) is 11.1 Å². The summed E-state index contributed by atoms with van der Waals surface area (Å²) in [5, 5.41) is 0. The second-order valence-electron chi connectivity index (χ2n) is 4.18. The number of nitrogens with zero attached hydrogens (tertiary/aromatic N) is 2. The van der Waals surface area contributed by atoms with Gasteiger partial charge in [-0.2, -0.15) is 0 Å². The molecule has 2 nitrogen and oxygen atoms in total. The molecule has 0 aromatic carbocycles. The molecule has 0 aliphatic rings. The van der Waals surface area contributed by atoms with Crippen LogP contribution in [0.3, 0.4) is 0 Å². The summed E-state index contributed by atoms with van der Waals surface area (Å²) in [6, 6.07) is 4.58. The molecule has 0 fully saturated rings. The third kappa shape index (κ3) is 3.84. The Morgan fingerprint density at radius 2 is 2.00 bits per heavy atom. The molecule has 1 aromatic rings. The van der Waals surface area contributed by atoms with Gasteiger partial charge in [-0.25, -0.2) is 0 Å². The van der Waals surface area contributed by atoms with E-state index in [1.54, 1.807) is 0 Å². The fourth-order valence-electron chi connectivity index (χ4n) is 1.38. The van der Waals surface area contributed by atoms with Gasteiger partial charge in [0.1, 0.15) is 0 Å². The zero-order chi connectivity index (χ0) is 11.3. The number of hydrogen-bond donors (Lipinski definition) is 0. The lowest BCUT2D eigenvalue weighted by Gasteiger charge is -2.23. The highest BCUT2D eigenvalue weighted by Gasteiger charge is 2.09. The van der Waals surface area contributed by atoms with Crippen LogP contribution in [0.15, 0.2) is 36.2 Å². The summed E-state index contributed by atoms with van der Waals surface area (Å²) in [5.41, 5.74) is 2.68. The molecule has 1 rings (SSSR count). The van der Waals surface area contributed by atoms with E-state index in [1.807, 2.05) is 12.4 Å². The third-order valence-electron chi connectivity index (χ3n) is 2.64. The van der Waals surface area contributed by atoms with Gasteiger partial charge in [-0.15, -0.1) is 0 Å². The minimum atomic E-state index is 0.434. The van der Waals surface area contributed by atoms with Crippen molar-refractivity contribution in [2.24, 2.45) is 0 Å². The van der Waals surface area contributed by atoms with Gasteiger partial charge >= 0.3 is 0 Å². The van der Waals surface area contributed by atoms with E-state index in [0.29, 0.717) is 6.04 Å². The number of aromatic nitrogens is 1. The van der Waals surface area contributed by atoms with Crippen molar-refractivity contribution in [3.63, 3.8) is 0 Å². The van der Waals surface area contributed by atoms with E-state index in [0.717, 1.165) is 6.54 Å². The van der Waals surface area contributed by atoms with Crippen molar-refractivity contribution in [2.75, 3.05) is 13.6 Å². The van der Waals surface area contributed by atoms with E-state index >= 15 is 0 Å². The zero-order valence-corrected chi connectivity index (χ0v) is 10.1. The van der Waals surface area contributed by atoms with Crippen molar-refractivity contribution in [3.05, 3.63) is 41.7 Å². The molecule has 0 saturated carbocycles. The van der Waals surface area contributed by atoms with Gasteiger partial charge < -0.3 is 0 Å². The van der Waals surface area contributed by atoms with Crippen LogP contribution >= 0.6 is 0 Å². The SMILES string of the molecule is CC(C)=CCN(C)[C@H](C)c1ccncc1. The van der Waals surface area contributed by atoms with Crippen LogP contribution in [-0.4, -0.2) is 23.5 Å². The third-order valence-corrected chi connectivity index (χ3v) is 2.64. The molecule has 0 unspecified atom stereocenters. The highest BCUT2D eigenvalue weighted by molar-refractivity contribution is 5.14. The topological polar surface area (TPSA) is 16.1 Å². The molecule has 0 radical (unpaired) electrons. The van der Waals surface area contributed by atoms with Gasteiger partial charge in [0.2, 0.25) is 0 Å². The first-order valence-corrected chi connectivity index (χ1v) is 5.35. The Labute approximate surface area is 92.6 Å². The highest BCUT2D eigenvalue weighted by atomic mass is 15.1. The van der Waals surface area contributed by atoms with E-state index < -0.39 is 0 Å². The number of likely N-dealkylation sites (N-methyl/N-ethyl adjacent to an activating group) is 1. The van der Waals surface area contributed by atoms with Crippen LogP contribution in [0, 0.1) is 0 Å². The van der Waals surface area contributed by atoms with Gasteiger partial charge in [-0.3, -0.25) is 9.88 Å². The lowest BCUT2D eigenvalue weighted by atomic mass is 10.1. The maximum absolute atomic E-state index is 4.03. The maximum Gasteiger partial charge on any atom is 0.0321 e. The summed E-state index contributed by atoms with van der Waals surface area (Å²) < 4.78 is 0. The molecular weight excluding hydrogens is 184 g/mol. The van der Waals surface area contributed by atoms with Crippen molar-refractivity contribution in [1.29, 1.82) is 0 Å². The lowest BCUT2D eigenvalue weighted by Crippen LogP contribution is -2.22. The van der Waals surface area contributed by atoms with Crippen LogP contribution in [0.2, 0.25) is 0 Å². The number of allylic oxidation sites excluding steroid dienone is 1. The first kappa shape index (κ1) is 11.9. The summed E-state index contributed by atoms with van der Waals surface area (Å²) in [7, 11) is 2.14. The average Bonchev–Trinajstić information content (AvgIpc) is 2.26. The molecule has 0 aliphatic carbocycles. The van der Waals surface area contributed by atoms with Gasteiger partial charge in [0.15, 0.2) is 0 Å². The van der Waals surface area contributed by atoms with Gasteiger partial charge in [0.25, 0.3) is 0 Å². The van der Waals surface area contributed by atoms with Crippen LogP contribution in [0.5, 0.6) is 0 Å². The van der Waals surface area contributed by atoms with Crippen molar-refractivity contribution in [1.82, 2.24) is 9.88 Å². The highest BCUT2D eigenvalue weighted by Crippen LogP contribution is 2.17. The summed E-state index contributed by atoms with van der Waals surface area (Å²) >= 11 is 0. The first-order valence-electron chi connectivity index (χ1n) is 5.35. The standard InChI is InChI=1S/C13H20N2/c1-11(2)7-10-15(4)12(3)13-5-8-14-9-6-13/h5-9,12H,10H2,1-4H3/t12-/m1/s1. The molecule has 2 heteroatoms. The minimum Gasteiger partial charge on any atom is -0.296 e. The van der Waals surface area contributed by atoms with Crippen LogP contribution < -0.4 is 0 Å². The number of hydrogen-bond acceptors (Lipinski definition) is 2. The molecule has 82 valence electrons. The zero-order valence-electron chi connectivity index (χ0n) is 10.1. The fraction of sp³-hybridized carbons (Fsp3) is 0.462.